The third kappa shape index (κ3) is 2.54. The Bertz CT molecular complexity index is 748. The highest BCUT2D eigenvalue weighted by atomic mass is 16.3. The molecule has 2 aromatic heterocycles. The molecule has 0 fully saturated rings. The van der Waals surface area contributed by atoms with E-state index in [9.17, 15) is 4.79 Å². The molecule has 0 aliphatic heterocycles. The summed E-state index contributed by atoms with van der Waals surface area (Å²) in [6.45, 7) is 2.45. The second-order valence-electron chi connectivity index (χ2n) is 4.69. The van der Waals surface area contributed by atoms with Gasteiger partial charge in [0.15, 0.2) is 5.76 Å². The van der Waals surface area contributed by atoms with Crippen molar-refractivity contribution in [1.82, 2.24) is 10.3 Å². The van der Waals surface area contributed by atoms with E-state index in [4.69, 9.17) is 4.42 Å². The number of aryl methyl sites for hydroxylation is 1. The summed E-state index contributed by atoms with van der Waals surface area (Å²) in [5.74, 6) is 0.121. The predicted octanol–water partition coefficient (Wildman–Crippen LogP) is 3.07. The number of rotatable bonds is 3. The van der Waals surface area contributed by atoms with Crippen LogP contribution in [0.1, 0.15) is 21.7 Å². The number of benzene rings is 1. The molecule has 1 aromatic carbocycles. The van der Waals surface area contributed by atoms with Gasteiger partial charge in [-0.05, 0) is 42.3 Å². The number of carbonyl (C=O) groups excluding carboxylic acids is 1. The summed E-state index contributed by atoms with van der Waals surface area (Å²) >= 11 is 0. The first kappa shape index (κ1) is 12.4. The van der Waals surface area contributed by atoms with Crippen LogP contribution in [0.4, 0.5) is 0 Å². The minimum atomic E-state index is -0.212. The summed E-state index contributed by atoms with van der Waals surface area (Å²) in [5, 5.41) is 3.77. The van der Waals surface area contributed by atoms with Crippen LogP contribution in [0, 0.1) is 6.92 Å². The monoisotopic (exact) mass is 266 g/mol. The van der Waals surface area contributed by atoms with Crippen molar-refractivity contribution in [3.63, 3.8) is 0 Å². The molecule has 4 heteroatoms. The lowest BCUT2D eigenvalue weighted by Crippen LogP contribution is -2.22. The third-order valence-corrected chi connectivity index (χ3v) is 3.10. The summed E-state index contributed by atoms with van der Waals surface area (Å²) in [4.78, 5) is 16.0. The second-order valence-corrected chi connectivity index (χ2v) is 4.69. The Morgan fingerprint density at radius 3 is 2.80 bits per heavy atom. The maximum absolute atomic E-state index is 12.1. The van der Waals surface area contributed by atoms with E-state index in [1.54, 1.807) is 18.5 Å². The highest BCUT2D eigenvalue weighted by Gasteiger charge is 2.11. The van der Waals surface area contributed by atoms with E-state index in [-0.39, 0.29) is 5.91 Å². The molecule has 0 spiro atoms. The Labute approximate surface area is 116 Å². The number of pyridine rings is 1. The molecule has 2 heterocycles. The summed E-state index contributed by atoms with van der Waals surface area (Å²) < 4.78 is 5.57. The summed E-state index contributed by atoms with van der Waals surface area (Å²) in [5.41, 5.74) is 2.84. The third-order valence-electron chi connectivity index (χ3n) is 3.10. The van der Waals surface area contributed by atoms with Gasteiger partial charge in [0.2, 0.25) is 0 Å². The molecule has 0 radical (unpaired) electrons. The van der Waals surface area contributed by atoms with Crippen LogP contribution in [0.2, 0.25) is 0 Å². The van der Waals surface area contributed by atoms with E-state index in [2.05, 4.69) is 10.3 Å². The first-order valence-electron chi connectivity index (χ1n) is 6.40. The highest BCUT2D eigenvalue weighted by Crippen LogP contribution is 2.20. The van der Waals surface area contributed by atoms with Crippen LogP contribution in [0.15, 0.2) is 53.2 Å². The van der Waals surface area contributed by atoms with Crippen LogP contribution in [0.3, 0.4) is 0 Å². The van der Waals surface area contributed by atoms with Crippen molar-refractivity contribution in [2.75, 3.05) is 0 Å². The quantitative estimate of drug-likeness (QED) is 0.792. The normalized spacial score (nSPS) is 10.7. The smallest absolute Gasteiger partial charge is 0.287 e. The Morgan fingerprint density at radius 1 is 1.20 bits per heavy atom. The number of aromatic nitrogens is 1. The molecular formula is C16H14N2O2. The molecule has 0 bridgehead atoms. The van der Waals surface area contributed by atoms with Crippen molar-refractivity contribution in [3.05, 3.63) is 65.7 Å². The molecule has 0 saturated heterocycles. The van der Waals surface area contributed by atoms with Gasteiger partial charge in [-0.25, -0.2) is 0 Å². The van der Waals surface area contributed by atoms with E-state index in [1.165, 1.54) is 0 Å². The molecule has 0 aliphatic rings. The molecule has 20 heavy (non-hydrogen) atoms. The van der Waals surface area contributed by atoms with Gasteiger partial charge in [0.1, 0.15) is 5.58 Å². The van der Waals surface area contributed by atoms with Crippen LogP contribution in [0.5, 0.6) is 0 Å². The lowest BCUT2D eigenvalue weighted by atomic mass is 10.2. The highest BCUT2D eigenvalue weighted by molar-refractivity contribution is 5.96. The van der Waals surface area contributed by atoms with Crippen molar-refractivity contribution in [2.24, 2.45) is 0 Å². The first-order chi connectivity index (χ1) is 9.72. The average Bonchev–Trinajstić information content (AvgIpc) is 2.89. The SMILES string of the molecule is Cc1ccc2cc(C(=O)NCc3ccncc3)oc2c1. The van der Waals surface area contributed by atoms with Gasteiger partial charge in [-0.2, -0.15) is 0 Å². The minimum absolute atomic E-state index is 0.212. The van der Waals surface area contributed by atoms with E-state index in [0.29, 0.717) is 12.3 Å². The summed E-state index contributed by atoms with van der Waals surface area (Å²) in [6.07, 6.45) is 3.40. The molecule has 0 aliphatic carbocycles. The Hall–Kier alpha value is -2.62. The van der Waals surface area contributed by atoms with Crippen LogP contribution in [0.25, 0.3) is 11.0 Å². The Morgan fingerprint density at radius 2 is 2.00 bits per heavy atom. The molecule has 1 N–H and O–H groups in total. The zero-order chi connectivity index (χ0) is 13.9. The molecule has 3 rings (SSSR count). The fourth-order valence-corrected chi connectivity index (χ4v) is 2.02. The summed E-state index contributed by atoms with van der Waals surface area (Å²) in [6, 6.07) is 11.4. The Kier molecular flexibility index (Phi) is 3.21. The van der Waals surface area contributed by atoms with Gasteiger partial charge in [-0.15, -0.1) is 0 Å². The van der Waals surface area contributed by atoms with Gasteiger partial charge in [0.25, 0.3) is 5.91 Å². The maximum atomic E-state index is 12.1. The minimum Gasteiger partial charge on any atom is -0.451 e. The number of amides is 1. The number of furan rings is 1. The molecule has 0 unspecified atom stereocenters. The Balaban J connectivity index is 1.75. The van der Waals surface area contributed by atoms with Crippen molar-refractivity contribution in [3.8, 4) is 0 Å². The number of nitrogens with one attached hydrogen (secondary N) is 1. The van der Waals surface area contributed by atoms with Crippen molar-refractivity contribution in [2.45, 2.75) is 13.5 Å². The van der Waals surface area contributed by atoms with Crippen LogP contribution in [-0.4, -0.2) is 10.9 Å². The summed E-state index contributed by atoms with van der Waals surface area (Å²) in [7, 11) is 0. The topological polar surface area (TPSA) is 55.1 Å². The molecular weight excluding hydrogens is 252 g/mol. The molecule has 0 saturated carbocycles. The number of nitrogens with zero attached hydrogens (tertiary/aromatic N) is 1. The zero-order valence-electron chi connectivity index (χ0n) is 11.1. The molecule has 4 nitrogen and oxygen atoms in total. The van der Waals surface area contributed by atoms with Crippen LogP contribution >= 0.6 is 0 Å². The largest absolute Gasteiger partial charge is 0.451 e. The lowest BCUT2D eigenvalue weighted by Gasteiger charge is -2.02. The molecule has 1 amide bonds. The van der Waals surface area contributed by atoms with E-state index in [1.807, 2.05) is 37.3 Å². The van der Waals surface area contributed by atoms with Gasteiger partial charge in [-0.1, -0.05) is 12.1 Å². The van der Waals surface area contributed by atoms with Gasteiger partial charge in [0.05, 0.1) is 0 Å². The van der Waals surface area contributed by atoms with Crippen molar-refractivity contribution < 1.29 is 9.21 Å². The van der Waals surface area contributed by atoms with Gasteiger partial charge >= 0.3 is 0 Å². The van der Waals surface area contributed by atoms with E-state index in [0.717, 1.165) is 22.1 Å². The zero-order valence-corrected chi connectivity index (χ0v) is 11.1. The van der Waals surface area contributed by atoms with Crippen molar-refractivity contribution >= 4 is 16.9 Å². The first-order valence-corrected chi connectivity index (χ1v) is 6.40. The molecule has 0 atom stereocenters. The molecule has 3 aromatic rings. The van der Waals surface area contributed by atoms with Crippen LogP contribution in [-0.2, 0) is 6.54 Å². The molecule has 100 valence electrons. The van der Waals surface area contributed by atoms with Gasteiger partial charge in [-0.3, -0.25) is 9.78 Å². The van der Waals surface area contributed by atoms with Crippen LogP contribution < -0.4 is 5.32 Å². The average molecular weight is 266 g/mol. The number of hydrogen-bond acceptors (Lipinski definition) is 3. The fourth-order valence-electron chi connectivity index (χ4n) is 2.02. The lowest BCUT2D eigenvalue weighted by molar-refractivity contribution is 0.0925. The second kappa shape index (κ2) is 5.17. The maximum Gasteiger partial charge on any atom is 0.287 e. The van der Waals surface area contributed by atoms with Gasteiger partial charge < -0.3 is 9.73 Å². The van der Waals surface area contributed by atoms with E-state index >= 15 is 0 Å². The fraction of sp³-hybridized carbons (Fsp3) is 0.125. The standard InChI is InChI=1S/C16H14N2O2/c1-11-2-3-13-9-15(20-14(13)8-11)16(19)18-10-12-4-6-17-7-5-12/h2-9H,10H2,1H3,(H,18,19). The number of hydrogen-bond donors (Lipinski definition) is 1. The predicted molar refractivity (Wildman–Crippen MR) is 76.4 cm³/mol. The number of fused-ring (bicyclic) bond motifs is 1. The van der Waals surface area contributed by atoms with Crippen molar-refractivity contribution in [1.29, 1.82) is 0 Å². The number of carbonyl (C=O) groups is 1. The van der Waals surface area contributed by atoms with E-state index < -0.39 is 0 Å². The van der Waals surface area contributed by atoms with Gasteiger partial charge in [0, 0.05) is 24.3 Å².